The summed E-state index contributed by atoms with van der Waals surface area (Å²) in [5, 5.41) is 18.3. The summed E-state index contributed by atoms with van der Waals surface area (Å²) < 4.78 is 8.05. The molecule has 0 N–H and O–H groups in total. The quantitative estimate of drug-likeness (QED) is 0.0727. The van der Waals surface area contributed by atoms with Crippen molar-refractivity contribution in [1.82, 2.24) is 19.9 Å². The van der Waals surface area contributed by atoms with E-state index in [4.69, 9.17) is 10.5 Å². The molecule has 0 aliphatic heterocycles. The van der Waals surface area contributed by atoms with Gasteiger partial charge in [0.1, 0.15) is 0 Å². The first-order chi connectivity index (χ1) is 23.5. The summed E-state index contributed by atoms with van der Waals surface area (Å²) in [5.41, 5.74) is 3.85. The molecule has 4 aromatic rings. The predicted octanol–water partition coefficient (Wildman–Crippen LogP) is 7.67. The van der Waals surface area contributed by atoms with Gasteiger partial charge in [0.15, 0.2) is 0 Å². The van der Waals surface area contributed by atoms with Crippen molar-refractivity contribution in [2.24, 2.45) is 23.7 Å². The summed E-state index contributed by atoms with van der Waals surface area (Å²) in [6.45, 7) is 18.6. The van der Waals surface area contributed by atoms with Crippen LogP contribution in [0.25, 0.3) is 22.8 Å². The van der Waals surface area contributed by atoms with Gasteiger partial charge in [-0.2, -0.15) is 0 Å². The second-order valence-corrected chi connectivity index (χ2v) is 20.7. The van der Waals surface area contributed by atoms with Crippen molar-refractivity contribution in [2.45, 2.75) is 79.6 Å². The van der Waals surface area contributed by atoms with Crippen LogP contribution in [-0.4, -0.2) is 37.5 Å². The number of rotatable bonds is 14. The molecule has 0 atom stereocenters. The van der Waals surface area contributed by atoms with E-state index in [1.165, 1.54) is 47.1 Å². The summed E-state index contributed by atoms with van der Waals surface area (Å²) in [4.78, 5) is 18.1. The van der Waals surface area contributed by atoms with Gasteiger partial charge >= 0.3 is 48.0 Å². The third-order valence-corrected chi connectivity index (χ3v) is 16.7. The first-order valence-electron chi connectivity index (χ1n) is 17.0. The Kier molecular flexibility index (Phi) is 19.9. The Morgan fingerprint density at radius 3 is 1.12 bits per heavy atom. The van der Waals surface area contributed by atoms with Gasteiger partial charge in [0, 0.05) is 24.8 Å². The molecule has 0 saturated carbocycles. The molecule has 262 valence electrons. The molecule has 0 fully saturated rings. The van der Waals surface area contributed by atoms with E-state index in [1.54, 1.807) is 0 Å². The van der Waals surface area contributed by atoms with Crippen LogP contribution in [0.15, 0.2) is 85.5 Å². The van der Waals surface area contributed by atoms with Crippen LogP contribution >= 0.6 is 0 Å². The second kappa shape index (κ2) is 23.6. The molecule has 11 heteroatoms. The van der Waals surface area contributed by atoms with Crippen molar-refractivity contribution in [1.29, 1.82) is 10.5 Å². The number of nitrogens with zero attached hydrogens (tertiary/aromatic N) is 6. The van der Waals surface area contributed by atoms with E-state index < -0.39 is 35.4 Å². The molecule has 0 aliphatic rings. The van der Waals surface area contributed by atoms with Crippen LogP contribution in [0.4, 0.5) is 0 Å². The minimum atomic E-state index is -0.950. The summed E-state index contributed by atoms with van der Waals surface area (Å²) >= 11 is -0.950. The van der Waals surface area contributed by atoms with Crippen LogP contribution < -0.4 is 10.4 Å². The van der Waals surface area contributed by atoms with E-state index >= 15 is 0 Å². The molecule has 4 heterocycles. The Balaban J connectivity index is 0.000000286. The van der Waals surface area contributed by atoms with E-state index in [0.717, 1.165) is 46.4 Å². The van der Waals surface area contributed by atoms with Crippen LogP contribution in [0.2, 0.25) is 24.2 Å². The zero-order valence-corrected chi connectivity index (χ0v) is 34.3. The van der Waals surface area contributed by atoms with E-state index in [9.17, 15) is 0 Å². The molecule has 0 radical (unpaired) electrons. The van der Waals surface area contributed by atoms with Crippen LogP contribution in [0.3, 0.4) is 0 Å². The summed E-state index contributed by atoms with van der Waals surface area (Å²) in [6.07, 6.45) is 10.6. The van der Waals surface area contributed by atoms with Crippen molar-refractivity contribution < 1.29 is 25.0 Å². The second-order valence-electron chi connectivity index (χ2n) is 13.7. The Hall–Kier alpha value is -3.76. The SMILES string of the molecule is CC(C)C[SiH](CC(C)C)c1ccc(-c2ccccn2)nc1.CC(C)C[SiH](CC(C)C)c1ccc(-c2ccccn2)nc1.N#C[O][Ru][O]C#N. The van der Waals surface area contributed by atoms with Gasteiger partial charge in [-0.05, 0) is 70.4 Å². The Bertz CT molecular complexity index is 1390. The summed E-state index contributed by atoms with van der Waals surface area (Å²) in [5.74, 6) is 3.10. The first kappa shape index (κ1) is 41.4. The monoisotopic (exact) mass is 782 g/mol. The van der Waals surface area contributed by atoms with Gasteiger partial charge in [-0.15, -0.1) is 0 Å². The maximum atomic E-state index is 7.65. The first-order valence-corrected chi connectivity index (χ1v) is 22.8. The molecule has 49 heavy (non-hydrogen) atoms. The van der Waals surface area contributed by atoms with Gasteiger partial charge in [-0.3, -0.25) is 19.9 Å². The Labute approximate surface area is 306 Å². The molecule has 0 aromatic carbocycles. The molecule has 4 rings (SSSR count). The Morgan fingerprint density at radius 2 is 0.878 bits per heavy atom. The van der Waals surface area contributed by atoms with Crippen molar-refractivity contribution in [3.63, 3.8) is 0 Å². The topological polar surface area (TPSA) is 118 Å². The van der Waals surface area contributed by atoms with E-state index in [0.29, 0.717) is 0 Å². The molecule has 0 bridgehead atoms. The maximum absolute atomic E-state index is 7.65. The fourth-order valence-electron chi connectivity index (χ4n) is 5.68. The average Bonchev–Trinajstić information content (AvgIpc) is 3.09. The third-order valence-electron chi connectivity index (χ3n) is 7.52. The van der Waals surface area contributed by atoms with Crippen LogP contribution in [-0.2, 0) is 25.0 Å². The fraction of sp³-hybridized carbons (Fsp3) is 0.421. The summed E-state index contributed by atoms with van der Waals surface area (Å²) in [6, 6.07) is 26.2. The van der Waals surface area contributed by atoms with Gasteiger partial charge in [0.2, 0.25) is 0 Å². The van der Waals surface area contributed by atoms with E-state index in [2.05, 4.69) is 119 Å². The summed E-state index contributed by atoms with van der Waals surface area (Å²) in [7, 11) is -1.81. The standard InChI is InChI=1S/2C18H26N2Si.2CHNO.Ru/c2*1-14(2)12-21(13-15(3)4)16-8-9-18(20-11-16)17-7-5-6-10-19-17;2*2-1-3;/h2*5-11,14-15,21H,12-13H2,1-4H3;2*3H;/q;;;;+2/p-2. The van der Waals surface area contributed by atoms with Gasteiger partial charge in [-0.25, -0.2) is 0 Å². The number of nitriles is 2. The number of pyridine rings is 4. The number of hydrogen-bond acceptors (Lipinski definition) is 8. The molecular formula is C38H52N6O2RuSi2. The van der Waals surface area contributed by atoms with Crippen LogP contribution in [0.5, 0.6) is 0 Å². The van der Waals surface area contributed by atoms with Crippen molar-refractivity contribution >= 4 is 28.0 Å². The van der Waals surface area contributed by atoms with Gasteiger partial charge in [-0.1, -0.05) is 104 Å². The number of aromatic nitrogens is 4. The number of hydrogen-bond donors (Lipinski definition) is 0. The van der Waals surface area contributed by atoms with Crippen molar-refractivity contribution in [3.8, 4) is 35.3 Å². The van der Waals surface area contributed by atoms with Crippen molar-refractivity contribution in [3.05, 3.63) is 85.5 Å². The molecular weight excluding hydrogens is 730 g/mol. The molecule has 0 spiro atoms. The molecule has 0 aliphatic carbocycles. The minimum absolute atomic E-state index is 0.774. The van der Waals surface area contributed by atoms with Crippen molar-refractivity contribution in [2.75, 3.05) is 0 Å². The predicted molar refractivity (Wildman–Crippen MR) is 200 cm³/mol. The zero-order chi connectivity index (χ0) is 36.0. The Morgan fingerprint density at radius 1 is 0.531 bits per heavy atom. The molecule has 0 unspecified atom stereocenters. The molecule has 8 nitrogen and oxygen atoms in total. The average molecular weight is 782 g/mol. The van der Waals surface area contributed by atoms with Crippen LogP contribution in [0.1, 0.15) is 55.4 Å². The van der Waals surface area contributed by atoms with Gasteiger partial charge in [0.25, 0.3) is 0 Å². The van der Waals surface area contributed by atoms with Gasteiger partial charge in [0.05, 0.1) is 40.4 Å². The zero-order valence-electron chi connectivity index (χ0n) is 30.2. The van der Waals surface area contributed by atoms with E-state index in [-0.39, 0.29) is 0 Å². The third kappa shape index (κ3) is 16.9. The molecule has 0 amide bonds. The van der Waals surface area contributed by atoms with Gasteiger partial charge < -0.3 is 0 Å². The fourth-order valence-corrected chi connectivity index (χ4v) is 13.2. The molecule has 4 aromatic heterocycles. The van der Waals surface area contributed by atoms with E-state index in [1.807, 2.05) is 48.8 Å². The van der Waals surface area contributed by atoms with Crippen LogP contribution in [0, 0.1) is 46.7 Å². The molecule has 0 saturated heterocycles. The normalized spacial score (nSPS) is 10.8.